The third-order valence-corrected chi connectivity index (χ3v) is 1.75. The lowest BCUT2D eigenvalue weighted by atomic mass is 10.1. The van der Waals surface area contributed by atoms with E-state index in [0.29, 0.717) is 12.2 Å². The van der Waals surface area contributed by atoms with E-state index in [1.807, 2.05) is 30.3 Å². The SMILES string of the molecule is CC(CCc1ccccc1)=[O+][O-]. The lowest BCUT2D eigenvalue weighted by Crippen LogP contribution is -2.06. The van der Waals surface area contributed by atoms with Gasteiger partial charge in [0.15, 0.2) is 0 Å². The molecule has 0 N–H and O–H groups in total. The predicted octanol–water partition coefficient (Wildman–Crippen LogP) is 1.02. The highest BCUT2D eigenvalue weighted by Crippen LogP contribution is 2.02. The van der Waals surface area contributed by atoms with Crippen LogP contribution in [0, 0.1) is 0 Å². The van der Waals surface area contributed by atoms with Gasteiger partial charge in [-0.2, -0.15) is 4.58 Å². The van der Waals surface area contributed by atoms with E-state index in [1.165, 1.54) is 5.56 Å². The van der Waals surface area contributed by atoms with Crippen LogP contribution in [0.1, 0.15) is 18.9 Å². The minimum absolute atomic E-state index is 0.541. The maximum absolute atomic E-state index is 9.91. The molecule has 2 nitrogen and oxygen atoms in total. The topological polar surface area (TPSA) is 34.4 Å². The molecule has 64 valence electrons. The number of hydrogen-bond acceptors (Lipinski definition) is 1. The van der Waals surface area contributed by atoms with E-state index in [9.17, 15) is 5.26 Å². The largest absolute Gasteiger partial charge is 0.463 e. The summed E-state index contributed by atoms with van der Waals surface area (Å²) in [6, 6.07) is 10.0. The monoisotopic (exact) mass is 164 g/mol. The Labute approximate surface area is 72.1 Å². The van der Waals surface area contributed by atoms with E-state index in [2.05, 4.69) is 4.58 Å². The lowest BCUT2D eigenvalue weighted by Gasteiger charge is -1.94. The zero-order valence-electron chi connectivity index (χ0n) is 7.12. The van der Waals surface area contributed by atoms with Gasteiger partial charge in [0.05, 0.1) is 13.3 Å². The van der Waals surface area contributed by atoms with Crippen molar-refractivity contribution in [3.8, 4) is 0 Å². The van der Waals surface area contributed by atoms with E-state index >= 15 is 0 Å². The zero-order chi connectivity index (χ0) is 8.81. The fourth-order valence-electron chi connectivity index (χ4n) is 1.01. The average molecular weight is 164 g/mol. The first kappa shape index (κ1) is 8.78. The van der Waals surface area contributed by atoms with Gasteiger partial charge in [-0.1, -0.05) is 30.3 Å². The van der Waals surface area contributed by atoms with Crippen LogP contribution < -0.4 is 5.26 Å². The molecule has 0 aliphatic carbocycles. The normalized spacial score (nSPS) is 11.6. The molecule has 0 aliphatic rings. The average Bonchev–Trinajstić information content (AvgIpc) is 2.16. The first-order chi connectivity index (χ1) is 5.83. The number of aryl methyl sites for hydroxylation is 1. The molecular formula is C10H12O2. The highest BCUT2D eigenvalue weighted by Gasteiger charge is 2.02. The molecule has 1 rings (SSSR count). The van der Waals surface area contributed by atoms with Crippen LogP contribution in [0.15, 0.2) is 30.3 Å². The molecule has 0 unspecified atom stereocenters. The fraction of sp³-hybridized carbons (Fsp3) is 0.300. The summed E-state index contributed by atoms with van der Waals surface area (Å²) in [5.41, 5.74) is 1.23. The van der Waals surface area contributed by atoms with Crippen molar-refractivity contribution >= 4 is 5.78 Å². The van der Waals surface area contributed by atoms with Crippen LogP contribution in [0.2, 0.25) is 0 Å². The first-order valence-electron chi connectivity index (χ1n) is 3.99. The Kier molecular flexibility index (Phi) is 3.33. The van der Waals surface area contributed by atoms with Gasteiger partial charge in [-0.05, 0) is 12.0 Å². The van der Waals surface area contributed by atoms with Crippen molar-refractivity contribution in [2.45, 2.75) is 19.8 Å². The highest BCUT2D eigenvalue weighted by atomic mass is 17.1. The van der Waals surface area contributed by atoms with Crippen LogP contribution in [0.25, 0.3) is 0 Å². The van der Waals surface area contributed by atoms with Crippen molar-refractivity contribution in [2.75, 3.05) is 0 Å². The summed E-state index contributed by atoms with van der Waals surface area (Å²) in [5, 5.41) is 9.91. The Hall–Kier alpha value is -1.31. The Balaban J connectivity index is 2.44. The zero-order valence-corrected chi connectivity index (χ0v) is 7.12. The summed E-state index contributed by atoms with van der Waals surface area (Å²) in [7, 11) is 0. The molecule has 0 spiro atoms. The van der Waals surface area contributed by atoms with Crippen LogP contribution in [0.5, 0.6) is 0 Å². The molecule has 0 aliphatic heterocycles. The second-order valence-corrected chi connectivity index (χ2v) is 2.77. The standard InChI is InChI=1S/C10H12O2/c1-9(12-11)7-8-10-5-3-2-4-6-10/h2-6H,7-8H2,1H3. The van der Waals surface area contributed by atoms with Crippen LogP contribution in [-0.4, -0.2) is 5.78 Å². The summed E-state index contributed by atoms with van der Waals surface area (Å²) in [5.74, 6) is 0.541. The van der Waals surface area contributed by atoms with Crippen molar-refractivity contribution < 1.29 is 9.83 Å². The molecule has 0 amide bonds. The molecule has 0 radical (unpaired) electrons. The lowest BCUT2D eigenvalue weighted by molar-refractivity contribution is -1.05. The van der Waals surface area contributed by atoms with Crippen molar-refractivity contribution in [3.05, 3.63) is 35.9 Å². The van der Waals surface area contributed by atoms with E-state index in [-0.39, 0.29) is 0 Å². The molecule has 0 atom stereocenters. The first-order valence-corrected chi connectivity index (χ1v) is 3.99. The fourth-order valence-corrected chi connectivity index (χ4v) is 1.01. The van der Waals surface area contributed by atoms with E-state index in [0.717, 1.165) is 6.42 Å². The van der Waals surface area contributed by atoms with Crippen molar-refractivity contribution in [2.24, 2.45) is 0 Å². The third kappa shape index (κ3) is 2.74. The summed E-state index contributed by atoms with van der Waals surface area (Å²) in [6.45, 7) is 1.70. The summed E-state index contributed by atoms with van der Waals surface area (Å²) in [6.07, 6.45) is 1.57. The molecule has 1 aromatic carbocycles. The second kappa shape index (κ2) is 4.54. The molecule has 0 saturated heterocycles. The minimum atomic E-state index is 0.541. The maximum atomic E-state index is 9.91. The molecular weight excluding hydrogens is 152 g/mol. The van der Waals surface area contributed by atoms with E-state index in [4.69, 9.17) is 0 Å². The van der Waals surface area contributed by atoms with Crippen molar-refractivity contribution in [1.82, 2.24) is 0 Å². The molecule has 0 aromatic heterocycles. The van der Waals surface area contributed by atoms with Gasteiger partial charge in [-0.15, -0.1) is 0 Å². The minimum Gasteiger partial charge on any atom is -0.463 e. The summed E-state index contributed by atoms with van der Waals surface area (Å²) in [4.78, 5) is 0. The van der Waals surface area contributed by atoms with Crippen LogP contribution >= 0.6 is 0 Å². The maximum Gasteiger partial charge on any atom is 0.326 e. The van der Waals surface area contributed by atoms with Gasteiger partial charge in [0, 0.05) is 0 Å². The number of rotatable bonds is 3. The van der Waals surface area contributed by atoms with Gasteiger partial charge < -0.3 is 5.26 Å². The van der Waals surface area contributed by atoms with Gasteiger partial charge in [0.1, 0.15) is 0 Å². The number of carbonyl (C=O) groups excluding carboxylic acids is 1. The predicted molar refractivity (Wildman–Crippen MR) is 45.4 cm³/mol. The van der Waals surface area contributed by atoms with Crippen molar-refractivity contribution in [3.63, 3.8) is 0 Å². The molecule has 0 heterocycles. The Morgan fingerprint density at radius 2 is 2.00 bits per heavy atom. The number of benzene rings is 1. The van der Waals surface area contributed by atoms with Gasteiger partial charge in [0.2, 0.25) is 0 Å². The smallest absolute Gasteiger partial charge is 0.326 e. The quantitative estimate of drug-likeness (QED) is 0.373. The van der Waals surface area contributed by atoms with Crippen LogP contribution in [-0.2, 0) is 11.0 Å². The molecule has 2 heteroatoms. The third-order valence-electron chi connectivity index (χ3n) is 1.75. The molecule has 0 fully saturated rings. The summed E-state index contributed by atoms with van der Waals surface area (Å²) < 4.78 is 3.84. The van der Waals surface area contributed by atoms with Gasteiger partial charge in [-0.25, -0.2) is 0 Å². The molecule has 0 bridgehead atoms. The van der Waals surface area contributed by atoms with Gasteiger partial charge >= 0.3 is 5.78 Å². The second-order valence-electron chi connectivity index (χ2n) is 2.77. The Bertz CT molecular complexity index is 252. The highest BCUT2D eigenvalue weighted by molar-refractivity contribution is 5.75. The number of ketones is 1. The molecule has 12 heavy (non-hydrogen) atoms. The van der Waals surface area contributed by atoms with E-state index in [1.54, 1.807) is 6.92 Å². The van der Waals surface area contributed by atoms with Crippen molar-refractivity contribution in [1.29, 1.82) is 0 Å². The molecule has 0 saturated carbocycles. The summed E-state index contributed by atoms with van der Waals surface area (Å²) >= 11 is 0. The van der Waals surface area contributed by atoms with Gasteiger partial charge in [0.25, 0.3) is 0 Å². The number of hydrogen-bond donors (Lipinski definition) is 0. The van der Waals surface area contributed by atoms with Crippen LogP contribution in [0.4, 0.5) is 0 Å². The van der Waals surface area contributed by atoms with Gasteiger partial charge in [-0.3, -0.25) is 0 Å². The Morgan fingerprint density at radius 1 is 1.33 bits per heavy atom. The van der Waals surface area contributed by atoms with Crippen LogP contribution in [0.3, 0.4) is 0 Å². The van der Waals surface area contributed by atoms with E-state index < -0.39 is 0 Å². The Morgan fingerprint density at radius 3 is 2.58 bits per heavy atom. The molecule has 1 aromatic rings.